The standard InChI is InChI=1S/C30H29BrN4O3S/c1-16(2)26(34-30(37)38-3)29(36)35-12-4-5-23(35)28-32-22-11-8-17-13-18(7-10-21(17)27(22)33-28)24-14-19-6-9-20(31)15-25(19)39-24/h6-11,13-16,23,26H,4-5,12H2,1-3H3,(H,32,33)(H,34,37)/t23-,26-/m0/s1. The van der Waals surface area contributed by atoms with Crippen molar-refractivity contribution in [3.05, 3.63) is 64.9 Å². The number of benzene rings is 3. The number of hydrogen-bond acceptors (Lipinski definition) is 5. The molecule has 7 nitrogen and oxygen atoms in total. The number of carbonyl (C=O) groups excluding carboxylic acids is 2. The van der Waals surface area contributed by atoms with E-state index in [9.17, 15) is 9.59 Å². The van der Waals surface area contributed by atoms with E-state index in [1.54, 1.807) is 11.3 Å². The maximum atomic E-state index is 13.5. The first-order valence-corrected chi connectivity index (χ1v) is 14.7. The maximum Gasteiger partial charge on any atom is 0.407 e. The Morgan fingerprint density at radius 2 is 1.95 bits per heavy atom. The van der Waals surface area contributed by atoms with Gasteiger partial charge >= 0.3 is 6.09 Å². The zero-order valence-electron chi connectivity index (χ0n) is 22.0. The fourth-order valence-electron chi connectivity index (χ4n) is 5.47. The molecule has 0 saturated carbocycles. The molecule has 6 rings (SSSR count). The van der Waals surface area contributed by atoms with E-state index in [0.717, 1.165) is 44.9 Å². The first kappa shape index (κ1) is 25.8. The number of aromatic amines is 1. The van der Waals surface area contributed by atoms with Gasteiger partial charge in [-0.15, -0.1) is 11.3 Å². The topological polar surface area (TPSA) is 87.3 Å². The summed E-state index contributed by atoms with van der Waals surface area (Å²) in [5.41, 5.74) is 3.03. The molecule has 2 atom stereocenters. The fourth-order valence-corrected chi connectivity index (χ4v) is 7.08. The predicted octanol–water partition coefficient (Wildman–Crippen LogP) is 7.40. The number of nitrogens with one attached hydrogen (secondary N) is 2. The Balaban J connectivity index is 1.32. The van der Waals surface area contributed by atoms with Crippen molar-refractivity contribution in [2.45, 2.75) is 38.8 Å². The summed E-state index contributed by atoms with van der Waals surface area (Å²) in [5.74, 6) is 0.598. The minimum Gasteiger partial charge on any atom is -0.453 e. The summed E-state index contributed by atoms with van der Waals surface area (Å²) in [6.07, 6.45) is 1.10. The minimum atomic E-state index is -0.656. The molecule has 2 N–H and O–H groups in total. The van der Waals surface area contributed by atoms with E-state index in [-0.39, 0.29) is 17.9 Å². The lowest BCUT2D eigenvalue weighted by molar-refractivity contribution is -0.135. The first-order valence-electron chi connectivity index (χ1n) is 13.1. The van der Waals surface area contributed by atoms with E-state index in [0.29, 0.717) is 6.54 Å². The lowest BCUT2D eigenvalue weighted by Crippen LogP contribution is -2.51. The number of methoxy groups -OCH3 is 1. The monoisotopic (exact) mass is 604 g/mol. The molecule has 3 aromatic carbocycles. The van der Waals surface area contributed by atoms with E-state index in [2.05, 4.69) is 80.8 Å². The second-order valence-electron chi connectivity index (χ2n) is 10.4. The summed E-state index contributed by atoms with van der Waals surface area (Å²) in [4.78, 5) is 37.0. The molecule has 9 heteroatoms. The Morgan fingerprint density at radius 1 is 1.13 bits per heavy atom. The number of rotatable bonds is 5. The summed E-state index contributed by atoms with van der Waals surface area (Å²) in [6, 6.07) is 18.5. The second-order valence-corrected chi connectivity index (χ2v) is 12.4. The molecule has 5 aromatic rings. The summed E-state index contributed by atoms with van der Waals surface area (Å²) >= 11 is 5.36. The summed E-state index contributed by atoms with van der Waals surface area (Å²) in [5, 5.41) is 6.15. The van der Waals surface area contributed by atoms with Crippen LogP contribution in [0.4, 0.5) is 4.79 Å². The van der Waals surface area contributed by atoms with Gasteiger partial charge < -0.3 is 19.9 Å². The molecule has 200 valence electrons. The van der Waals surface area contributed by atoms with Gasteiger partial charge in [-0.3, -0.25) is 4.79 Å². The number of nitrogens with zero attached hydrogens (tertiary/aromatic N) is 2. The quantitative estimate of drug-likeness (QED) is 0.219. The van der Waals surface area contributed by atoms with Crippen LogP contribution in [0.2, 0.25) is 0 Å². The van der Waals surface area contributed by atoms with Gasteiger partial charge in [0.2, 0.25) is 5.91 Å². The molecular weight excluding hydrogens is 576 g/mol. The van der Waals surface area contributed by atoms with Gasteiger partial charge in [-0.05, 0) is 65.4 Å². The average molecular weight is 606 g/mol. The summed E-state index contributed by atoms with van der Waals surface area (Å²) < 4.78 is 7.09. The van der Waals surface area contributed by atoms with Crippen molar-refractivity contribution in [1.29, 1.82) is 0 Å². The zero-order valence-corrected chi connectivity index (χ0v) is 24.4. The number of amides is 2. The summed E-state index contributed by atoms with van der Waals surface area (Å²) in [7, 11) is 1.30. The Hall–Kier alpha value is -3.43. The number of alkyl carbamates (subject to hydrolysis) is 1. The number of hydrogen-bond donors (Lipinski definition) is 2. The highest BCUT2D eigenvalue weighted by atomic mass is 79.9. The Bertz CT molecular complexity index is 1730. The molecular formula is C30H29BrN4O3S. The number of likely N-dealkylation sites (tertiary alicyclic amines) is 1. The molecule has 0 spiro atoms. The number of thiophene rings is 1. The van der Waals surface area contributed by atoms with Crippen LogP contribution in [0.5, 0.6) is 0 Å². The van der Waals surface area contributed by atoms with Crippen LogP contribution in [-0.4, -0.2) is 46.6 Å². The van der Waals surface area contributed by atoms with Gasteiger partial charge in [-0.2, -0.15) is 0 Å². The van der Waals surface area contributed by atoms with Gasteiger partial charge in [0.05, 0.1) is 24.2 Å². The average Bonchev–Trinajstić information content (AvgIpc) is 3.68. The van der Waals surface area contributed by atoms with Crippen molar-refractivity contribution >= 4 is 71.2 Å². The molecule has 0 radical (unpaired) electrons. The lowest BCUT2D eigenvalue weighted by atomic mass is 10.0. The number of ether oxygens (including phenoxy) is 1. The zero-order chi connectivity index (χ0) is 27.3. The van der Waals surface area contributed by atoms with Crippen LogP contribution in [-0.2, 0) is 9.53 Å². The van der Waals surface area contributed by atoms with Gasteiger partial charge in [0.1, 0.15) is 11.9 Å². The van der Waals surface area contributed by atoms with E-state index in [1.807, 2.05) is 18.7 Å². The van der Waals surface area contributed by atoms with Crippen LogP contribution in [0, 0.1) is 5.92 Å². The van der Waals surface area contributed by atoms with Crippen molar-refractivity contribution in [2.24, 2.45) is 5.92 Å². The van der Waals surface area contributed by atoms with Crippen molar-refractivity contribution in [1.82, 2.24) is 20.2 Å². The third-order valence-electron chi connectivity index (χ3n) is 7.50. The maximum absolute atomic E-state index is 13.5. The number of aromatic nitrogens is 2. The predicted molar refractivity (Wildman–Crippen MR) is 160 cm³/mol. The minimum absolute atomic E-state index is 0.0749. The second kappa shape index (κ2) is 10.3. The fraction of sp³-hybridized carbons (Fsp3) is 0.300. The van der Waals surface area contributed by atoms with Crippen molar-refractivity contribution < 1.29 is 14.3 Å². The van der Waals surface area contributed by atoms with E-state index in [1.165, 1.54) is 27.6 Å². The van der Waals surface area contributed by atoms with Gasteiger partial charge in [0.15, 0.2) is 0 Å². The van der Waals surface area contributed by atoms with E-state index >= 15 is 0 Å². The molecule has 3 heterocycles. The molecule has 1 aliphatic rings. The highest BCUT2D eigenvalue weighted by Gasteiger charge is 2.37. The first-order chi connectivity index (χ1) is 18.8. The van der Waals surface area contributed by atoms with Gasteiger partial charge in [0.25, 0.3) is 0 Å². The number of imidazole rings is 1. The van der Waals surface area contributed by atoms with Crippen molar-refractivity contribution in [2.75, 3.05) is 13.7 Å². The van der Waals surface area contributed by atoms with E-state index in [4.69, 9.17) is 9.72 Å². The van der Waals surface area contributed by atoms with Crippen LogP contribution in [0.3, 0.4) is 0 Å². The Morgan fingerprint density at radius 3 is 2.74 bits per heavy atom. The van der Waals surface area contributed by atoms with Crippen LogP contribution in [0.15, 0.2) is 59.1 Å². The molecule has 0 unspecified atom stereocenters. The Labute approximate surface area is 238 Å². The lowest BCUT2D eigenvalue weighted by Gasteiger charge is -2.29. The molecule has 0 aliphatic carbocycles. The number of halogens is 1. The molecule has 1 saturated heterocycles. The number of carbonyl (C=O) groups is 2. The molecule has 2 aromatic heterocycles. The molecule has 39 heavy (non-hydrogen) atoms. The van der Waals surface area contributed by atoms with Crippen LogP contribution < -0.4 is 5.32 Å². The number of fused-ring (bicyclic) bond motifs is 4. The normalized spacial score (nSPS) is 16.4. The van der Waals surface area contributed by atoms with Crippen LogP contribution >= 0.6 is 27.3 Å². The third kappa shape index (κ3) is 4.78. The van der Waals surface area contributed by atoms with Crippen LogP contribution in [0.25, 0.3) is 42.3 Å². The van der Waals surface area contributed by atoms with Crippen molar-refractivity contribution in [3.63, 3.8) is 0 Å². The SMILES string of the molecule is COC(=O)N[C@H](C(=O)N1CCC[C@H]1c1nc2c(ccc3cc(-c4cc5ccc(Br)cc5s4)ccc32)[nH]1)C(C)C. The molecule has 0 bridgehead atoms. The molecule has 1 fully saturated rings. The number of H-pyrrole nitrogens is 1. The highest BCUT2D eigenvalue weighted by Crippen LogP contribution is 2.38. The smallest absolute Gasteiger partial charge is 0.407 e. The highest BCUT2D eigenvalue weighted by molar-refractivity contribution is 9.10. The van der Waals surface area contributed by atoms with Crippen LogP contribution in [0.1, 0.15) is 38.6 Å². The molecule has 2 amide bonds. The largest absolute Gasteiger partial charge is 0.453 e. The van der Waals surface area contributed by atoms with Gasteiger partial charge in [-0.25, -0.2) is 9.78 Å². The molecule has 1 aliphatic heterocycles. The van der Waals surface area contributed by atoms with Crippen molar-refractivity contribution in [3.8, 4) is 10.4 Å². The van der Waals surface area contributed by atoms with Gasteiger partial charge in [-0.1, -0.05) is 54.0 Å². The Kier molecular flexibility index (Phi) is 6.81. The van der Waals surface area contributed by atoms with E-state index < -0.39 is 12.1 Å². The third-order valence-corrected chi connectivity index (χ3v) is 9.14. The van der Waals surface area contributed by atoms with Gasteiger partial charge in [0, 0.05) is 26.0 Å². The summed E-state index contributed by atoms with van der Waals surface area (Å²) in [6.45, 7) is 4.47.